The second-order valence-corrected chi connectivity index (χ2v) is 6.69. The van der Waals surface area contributed by atoms with E-state index in [1.165, 1.54) is 0 Å². The lowest BCUT2D eigenvalue weighted by Gasteiger charge is -2.38. The van der Waals surface area contributed by atoms with Crippen LogP contribution in [0.2, 0.25) is 0 Å². The minimum absolute atomic E-state index is 0.0976. The van der Waals surface area contributed by atoms with Crippen LogP contribution in [0, 0.1) is 11.8 Å². The largest absolute Gasteiger partial charge is 0.480 e. The van der Waals surface area contributed by atoms with Gasteiger partial charge in [-0.15, -0.1) is 0 Å². The fourth-order valence-corrected chi connectivity index (χ4v) is 3.36. The van der Waals surface area contributed by atoms with E-state index in [0.717, 1.165) is 38.9 Å². The molecule has 1 atom stereocenters. The van der Waals surface area contributed by atoms with E-state index in [1.54, 1.807) is 0 Å². The van der Waals surface area contributed by atoms with Crippen molar-refractivity contribution in [2.75, 3.05) is 26.2 Å². The highest BCUT2D eigenvalue weighted by Crippen LogP contribution is 2.22. The molecule has 0 unspecified atom stereocenters. The number of carboxylic acid groups (broad SMARTS) is 1. The van der Waals surface area contributed by atoms with E-state index in [2.05, 4.69) is 20.8 Å². The monoisotopic (exact) mass is 312 g/mol. The molecule has 0 aromatic heterocycles. The smallest absolute Gasteiger partial charge is 0.317 e. The van der Waals surface area contributed by atoms with Gasteiger partial charge in [-0.25, -0.2) is 0 Å². The van der Waals surface area contributed by atoms with E-state index < -0.39 is 5.97 Å². The highest BCUT2D eigenvalue weighted by atomic mass is 16.4. The predicted molar refractivity (Wildman–Crippen MR) is 87.7 cm³/mol. The number of carbonyl (C=O) groups is 2. The Hall–Kier alpha value is -1.10. The Morgan fingerprint density at radius 2 is 1.82 bits per heavy atom. The maximum Gasteiger partial charge on any atom is 0.317 e. The minimum Gasteiger partial charge on any atom is -0.480 e. The molecule has 0 spiro atoms. The molecule has 0 saturated carbocycles. The van der Waals surface area contributed by atoms with Crippen LogP contribution in [0.3, 0.4) is 0 Å². The Bertz CT molecular complexity index is 363. The number of piperidine rings is 1. The zero-order valence-electron chi connectivity index (χ0n) is 14.5. The quantitative estimate of drug-likeness (QED) is 0.748. The molecule has 1 amide bonds. The maximum atomic E-state index is 12.4. The van der Waals surface area contributed by atoms with E-state index in [0.29, 0.717) is 18.3 Å². The first-order valence-electron chi connectivity index (χ1n) is 8.62. The molecule has 22 heavy (non-hydrogen) atoms. The van der Waals surface area contributed by atoms with Crippen LogP contribution in [-0.2, 0) is 9.59 Å². The summed E-state index contributed by atoms with van der Waals surface area (Å²) < 4.78 is 0. The molecule has 1 fully saturated rings. The van der Waals surface area contributed by atoms with Crippen molar-refractivity contribution in [1.82, 2.24) is 9.80 Å². The zero-order chi connectivity index (χ0) is 16.7. The molecule has 1 rings (SSSR count). The van der Waals surface area contributed by atoms with Crippen molar-refractivity contribution in [2.45, 2.75) is 59.4 Å². The summed E-state index contributed by atoms with van der Waals surface area (Å²) in [6, 6.07) is 0.289. The number of hydrogen-bond acceptors (Lipinski definition) is 3. The third-order valence-corrected chi connectivity index (χ3v) is 4.98. The standard InChI is InChI=1S/C17H32N2O3/c1-5-14(13(3)4)11-16(20)19-9-7-15(8-10-19)18(6-2)12-17(21)22/h13-15H,5-12H2,1-4H3,(H,21,22)/t14-/m0/s1. The van der Waals surface area contributed by atoms with Gasteiger partial charge < -0.3 is 10.0 Å². The molecule has 0 aromatic carbocycles. The minimum atomic E-state index is -0.775. The van der Waals surface area contributed by atoms with Gasteiger partial charge >= 0.3 is 5.97 Å². The molecule has 1 aliphatic rings. The third-order valence-electron chi connectivity index (χ3n) is 4.98. The van der Waals surface area contributed by atoms with Crippen LogP contribution in [0.15, 0.2) is 0 Å². The second kappa shape index (κ2) is 9.13. The van der Waals surface area contributed by atoms with E-state index in [4.69, 9.17) is 5.11 Å². The number of carboxylic acids is 1. The lowest BCUT2D eigenvalue weighted by Crippen LogP contribution is -2.48. The normalized spacial score (nSPS) is 18.0. The van der Waals surface area contributed by atoms with E-state index in [9.17, 15) is 9.59 Å². The Morgan fingerprint density at radius 1 is 1.23 bits per heavy atom. The predicted octanol–water partition coefficient (Wildman–Crippen LogP) is 2.46. The van der Waals surface area contributed by atoms with Gasteiger partial charge in [0.1, 0.15) is 0 Å². The molecule has 5 heteroatoms. The summed E-state index contributed by atoms with van der Waals surface area (Å²) in [5.74, 6) is 0.491. The highest BCUT2D eigenvalue weighted by Gasteiger charge is 2.28. The molecule has 0 aliphatic carbocycles. The second-order valence-electron chi connectivity index (χ2n) is 6.69. The van der Waals surface area contributed by atoms with Crippen LogP contribution in [0.1, 0.15) is 53.4 Å². The van der Waals surface area contributed by atoms with E-state index >= 15 is 0 Å². The molecule has 5 nitrogen and oxygen atoms in total. The Labute approximate surface area is 134 Å². The fourth-order valence-electron chi connectivity index (χ4n) is 3.36. The summed E-state index contributed by atoms with van der Waals surface area (Å²) in [5, 5.41) is 8.96. The van der Waals surface area contributed by atoms with E-state index in [-0.39, 0.29) is 18.5 Å². The van der Waals surface area contributed by atoms with Crippen LogP contribution in [0.25, 0.3) is 0 Å². The van der Waals surface area contributed by atoms with Crippen molar-refractivity contribution in [1.29, 1.82) is 0 Å². The van der Waals surface area contributed by atoms with Crippen molar-refractivity contribution in [3.8, 4) is 0 Å². The lowest BCUT2D eigenvalue weighted by molar-refractivity contribution is -0.140. The zero-order valence-corrected chi connectivity index (χ0v) is 14.5. The molecule has 0 bridgehead atoms. The van der Waals surface area contributed by atoms with Gasteiger partial charge in [-0.1, -0.05) is 34.1 Å². The number of rotatable bonds is 8. The first-order valence-corrected chi connectivity index (χ1v) is 8.62. The highest BCUT2D eigenvalue weighted by molar-refractivity contribution is 5.76. The lowest BCUT2D eigenvalue weighted by atomic mass is 9.89. The van der Waals surface area contributed by atoms with Crippen molar-refractivity contribution in [3.05, 3.63) is 0 Å². The molecule has 0 radical (unpaired) electrons. The molecular formula is C17H32N2O3. The summed E-state index contributed by atoms with van der Waals surface area (Å²) in [5.41, 5.74) is 0. The van der Waals surface area contributed by atoms with Gasteiger partial charge in [-0.2, -0.15) is 0 Å². The van der Waals surface area contributed by atoms with Crippen molar-refractivity contribution >= 4 is 11.9 Å². The number of likely N-dealkylation sites (tertiary alicyclic amines) is 1. The van der Waals surface area contributed by atoms with Crippen LogP contribution >= 0.6 is 0 Å². The Kier molecular flexibility index (Phi) is 7.87. The first-order chi connectivity index (χ1) is 10.4. The van der Waals surface area contributed by atoms with Gasteiger partial charge in [0.25, 0.3) is 0 Å². The summed E-state index contributed by atoms with van der Waals surface area (Å²) >= 11 is 0. The average molecular weight is 312 g/mol. The molecule has 1 saturated heterocycles. The third kappa shape index (κ3) is 5.59. The molecule has 1 aliphatic heterocycles. The van der Waals surface area contributed by atoms with Gasteiger partial charge in [-0.3, -0.25) is 14.5 Å². The first kappa shape index (κ1) is 18.9. The summed E-state index contributed by atoms with van der Waals surface area (Å²) in [7, 11) is 0. The Balaban J connectivity index is 2.47. The van der Waals surface area contributed by atoms with Crippen LogP contribution < -0.4 is 0 Å². The molecule has 128 valence electrons. The van der Waals surface area contributed by atoms with Crippen molar-refractivity contribution < 1.29 is 14.7 Å². The molecule has 1 N–H and O–H groups in total. The number of carbonyl (C=O) groups excluding carboxylic acids is 1. The van der Waals surface area contributed by atoms with Crippen LogP contribution in [0.5, 0.6) is 0 Å². The van der Waals surface area contributed by atoms with Crippen LogP contribution in [0.4, 0.5) is 0 Å². The van der Waals surface area contributed by atoms with Gasteiger partial charge in [0, 0.05) is 25.6 Å². The number of likely N-dealkylation sites (N-methyl/N-ethyl adjacent to an activating group) is 1. The topological polar surface area (TPSA) is 60.9 Å². The van der Waals surface area contributed by atoms with Gasteiger partial charge in [0.15, 0.2) is 0 Å². The van der Waals surface area contributed by atoms with Gasteiger partial charge in [0.05, 0.1) is 6.54 Å². The van der Waals surface area contributed by atoms with Crippen molar-refractivity contribution in [2.24, 2.45) is 11.8 Å². The van der Waals surface area contributed by atoms with E-state index in [1.807, 2.05) is 16.7 Å². The number of aliphatic carboxylic acids is 1. The number of nitrogens with zero attached hydrogens (tertiary/aromatic N) is 2. The molecular weight excluding hydrogens is 280 g/mol. The van der Waals surface area contributed by atoms with Crippen molar-refractivity contribution in [3.63, 3.8) is 0 Å². The SMILES string of the molecule is CC[C@@H](CC(=O)N1CCC(N(CC)CC(=O)O)CC1)C(C)C. The number of hydrogen-bond donors (Lipinski definition) is 1. The molecule has 0 aromatic rings. The average Bonchev–Trinajstić information content (AvgIpc) is 2.49. The summed E-state index contributed by atoms with van der Waals surface area (Å²) in [6.45, 7) is 10.9. The fraction of sp³-hybridized carbons (Fsp3) is 0.882. The molecule has 1 heterocycles. The number of amides is 1. The maximum absolute atomic E-state index is 12.4. The summed E-state index contributed by atoms with van der Waals surface area (Å²) in [6.07, 6.45) is 3.45. The van der Waals surface area contributed by atoms with Crippen LogP contribution in [-0.4, -0.2) is 59.0 Å². The van der Waals surface area contributed by atoms with Gasteiger partial charge in [0.2, 0.25) is 5.91 Å². The summed E-state index contributed by atoms with van der Waals surface area (Å²) in [4.78, 5) is 27.3. The van der Waals surface area contributed by atoms with Gasteiger partial charge in [-0.05, 0) is 31.2 Å². The Morgan fingerprint density at radius 3 is 2.23 bits per heavy atom.